The van der Waals surface area contributed by atoms with Crippen LogP contribution in [-0.2, 0) is 16.0 Å². The van der Waals surface area contributed by atoms with Crippen LogP contribution in [0.2, 0.25) is 0 Å². The van der Waals surface area contributed by atoms with Gasteiger partial charge in [0.2, 0.25) is 11.8 Å². The number of hydrogen-bond acceptors (Lipinski definition) is 3. The molecule has 0 radical (unpaired) electrons. The molecule has 1 aliphatic heterocycles. The molecular formula is C23H29N5O2. The number of amides is 2. The van der Waals surface area contributed by atoms with Gasteiger partial charge < -0.3 is 10.2 Å². The molecule has 0 aromatic heterocycles. The summed E-state index contributed by atoms with van der Waals surface area (Å²) in [6.07, 6.45) is 11.0. The van der Waals surface area contributed by atoms with E-state index in [4.69, 9.17) is 5.53 Å². The Balaban J connectivity index is 1.87. The van der Waals surface area contributed by atoms with Crippen LogP contribution in [0.5, 0.6) is 0 Å². The highest BCUT2D eigenvalue weighted by Gasteiger charge is 2.38. The number of likely N-dealkylation sites (N-methyl/N-ethyl adjacent to an activating group) is 1. The lowest BCUT2D eigenvalue weighted by Crippen LogP contribution is -2.52. The SMILES string of the molecule is CCNC(=O)[C@H](Cc1ccccc1)N1CC[C@@H](C2C=CC=CC2)C[C@H](N=[N+]=[N-])C1=O. The average Bonchev–Trinajstić information content (AvgIpc) is 2.93. The average molecular weight is 408 g/mol. The number of likely N-dealkylation sites (tertiary alicyclic amines) is 1. The van der Waals surface area contributed by atoms with Crippen LogP contribution in [0.4, 0.5) is 0 Å². The number of rotatable bonds is 7. The van der Waals surface area contributed by atoms with Gasteiger partial charge in [0.15, 0.2) is 0 Å². The maximum absolute atomic E-state index is 13.4. The first-order valence-electron chi connectivity index (χ1n) is 10.6. The number of carbonyl (C=O) groups excluding carboxylic acids is 2. The molecule has 0 saturated carbocycles. The predicted octanol–water partition coefficient (Wildman–Crippen LogP) is 3.78. The van der Waals surface area contributed by atoms with Crippen molar-refractivity contribution >= 4 is 11.8 Å². The van der Waals surface area contributed by atoms with Crippen LogP contribution in [0.15, 0.2) is 59.8 Å². The van der Waals surface area contributed by atoms with E-state index in [0.29, 0.717) is 31.8 Å². The lowest BCUT2D eigenvalue weighted by Gasteiger charge is -2.31. The molecule has 1 fully saturated rings. The van der Waals surface area contributed by atoms with Gasteiger partial charge in [-0.15, -0.1) is 0 Å². The number of benzene rings is 1. The van der Waals surface area contributed by atoms with Gasteiger partial charge in [-0.3, -0.25) is 9.59 Å². The van der Waals surface area contributed by atoms with E-state index < -0.39 is 12.1 Å². The lowest BCUT2D eigenvalue weighted by atomic mass is 9.81. The molecule has 1 aliphatic carbocycles. The quantitative estimate of drug-likeness (QED) is 0.423. The number of carbonyl (C=O) groups is 2. The minimum atomic E-state index is -0.783. The zero-order valence-corrected chi connectivity index (χ0v) is 17.4. The van der Waals surface area contributed by atoms with Crippen molar-refractivity contribution in [2.75, 3.05) is 13.1 Å². The topological polar surface area (TPSA) is 98.2 Å². The van der Waals surface area contributed by atoms with Crippen LogP contribution in [0.25, 0.3) is 10.4 Å². The Morgan fingerprint density at radius 3 is 2.80 bits per heavy atom. The third-order valence-electron chi connectivity index (χ3n) is 5.95. The van der Waals surface area contributed by atoms with Crippen molar-refractivity contribution in [3.05, 3.63) is 70.6 Å². The van der Waals surface area contributed by atoms with Gasteiger partial charge in [-0.2, -0.15) is 0 Å². The summed E-state index contributed by atoms with van der Waals surface area (Å²) in [5.74, 6) is 0.115. The zero-order valence-electron chi connectivity index (χ0n) is 17.4. The first-order chi connectivity index (χ1) is 14.6. The summed E-state index contributed by atoms with van der Waals surface area (Å²) in [5.41, 5.74) is 10.1. The molecule has 2 amide bonds. The van der Waals surface area contributed by atoms with Crippen molar-refractivity contribution in [1.29, 1.82) is 0 Å². The molecule has 7 nitrogen and oxygen atoms in total. The Labute approximate surface area is 177 Å². The van der Waals surface area contributed by atoms with Gasteiger partial charge in [0.25, 0.3) is 0 Å². The maximum Gasteiger partial charge on any atom is 0.243 e. The van der Waals surface area contributed by atoms with Crippen molar-refractivity contribution < 1.29 is 9.59 Å². The molecule has 1 N–H and O–H groups in total. The molecule has 30 heavy (non-hydrogen) atoms. The highest BCUT2D eigenvalue weighted by molar-refractivity contribution is 5.90. The third kappa shape index (κ3) is 5.30. The Morgan fingerprint density at radius 2 is 2.13 bits per heavy atom. The van der Waals surface area contributed by atoms with Crippen LogP contribution >= 0.6 is 0 Å². The standard InChI is InChI=1S/C23H29N5O2/c1-2-25-22(29)21(15-17-9-5-3-6-10-17)28-14-13-19(18-11-7-4-8-12-18)16-20(23(28)30)26-27-24/h3-11,18-21H,2,12-16H2,1H3,(H,25,29)/t18?,19-,20+,21+/m1/s1. The monoisotopic (exact) mass is 407 g/mol. The fourth-order valence-corrected chi connectivity index (χ4v) is 4.39. The normalized spacial score (nSPS) is 24.6. The Morgan fingerprint density at radius 1 is 1.33 bits per heavy atom. The Hall–Kier alpha value is -3.05. The smallest absolute Gasteiger partial charge is 0.243 e. The van der Waals surface area contributed by atoms with E-state index in [9.17, 15) is 9.59 Å². The maximum atomic E-state index is 13.4. The molecule has 1 unspecified atom stereocenters. The van der Waals surface area contributed by atoms with Crippen molar-refractivity contribution in [2.24, 2.45) is 17.0 Å². The fraction of sp³-hybridized carbons (Fsp3) is 0.478. The fourth-order valence-electron chi connectivity index (χ4n) is 4.39. The Bertz CT molecular complexity index is 844. The molecule has 1 heterocycles. The summed E-state index contributed by atoms with van der Waals surface area (Å²) >= 11 is 0. The summed E-state index contributed by atoms with van der Waals surface area (Å²) in [4.78, 5) is 30.9. The zero-order chi connectivity index (χ0) is 21.3. The number of nitrogens with zero attached hydrogens (tertiary/aromatic N) is 4. The molecule has 0 spiro atoms. The molecule has 0 bridgehead atoms. The number of hydrogen-bond donors (Lipinski definition) is 1. The molecular weight excluding hydrogens is 378 g/mol. The third-order valence-corrected chi connectivity index (χ3v) is 5.95. The molecule has 1 aromatic rings. The largest absolute Gasteiger partial charge is 0.355 e. The molecule has 1 aromatic carbocycles. The van der Waals surface area contributed by atoms with Crippen LogP contribution in [-0.4, -0.2) is 41.9 Å². The van der Waals surface area contributed by atoms with Crippen molar-refractivity contribution in [3.63, 3.8) is 0 Å². The van der Waals surface area contributed by atoms with E-state index in [2.05, 4.69) is 27.5 Å². The summed E-state index contributed by atoms with van der Waals surface area (Å²) in [5, 5.41) is 6.70. The lowest BCUT2D eigenvalue weighted by molar-refractivity contribution is -0.140. The molecule has 1 saturated heterocycles. The van der Waals surface area contributed by atoms with Crippen LogP contribution in [0.3, 0.4) is 0 Å². The summed E-state index contributed by atoms with van der Waals surface area (Å²) in [7, 11) is 0. The van der Waals surface area contributed by atoms with Gasteiger partial charge in [0.1, 0.15) is 12.1 Å². The molecule has 2 aliphatic rings. The van der Waals surface area contributed by atoms with Crippen molar-refractivity contribution in [3.8, 4) is 0 Å². The van der Waals surface area contributed by atoms with Crippen molar-refractivity contribution in [1.82, 2.24) is 10.2 Å². The second-order valence-corrected chi connectivity index (χ2v) is 7.85. The first kappa shape index (κ1) is 21.7. The van der Waals surface area contributed by atoms with Gasteiger partial charge in [-0.25, -0.2) is 0 Å². The van der Waals surface area contributed by atoms with Crippen LogP contribution in [0.1, 0.15) is 31.7 Å². The second kappa shape index (κ2) is 10.6. The number of allylic oxidation sites excluding steroid dienone is 4. The minimum absolute atomic E-state index is 0.173. The van der Waals surface area contributed by atoms with Gasteiger partial charge in [-0.1, -0.05) is 59.8 Å². The molecule has 7 heteroatoms. The van der Waals surface area contributed by atoms with Crippen molar-refractivity contribution in [2.45, 2.75) is 44.7 Å². The highest BCUT2D eigenvalue weighted by atomic mass is 16.2. The van der Waals surface area contributed by atoms with E-state index in [1.165, 1.54) is 0 Å². The minimum Gasteiger partial charge on any atom is -0.355 e. The number of nitrogens with one attached hydrogen (secondary N) is 1. The Kier molecular flexibility index (Phi) is 7.69. The van der Waals surface area contributed by atoms with E-state index in [1.807, 2.05) is 49.4 Å². The van der Waals surface area contributed by atoms with Gasteiger partial charge >= 0.3 is 0 Å². The molecule has 3 rings (SSSR count). The second-order valence-electron chi connectivity index (χ2n) is 7.85. The van der Waals surface area contributed by atoms with E-state index in [-0.39, 0.29) is 17.7 Å². The summed E-state index contributed by atoms with van der Waals surface area (Å²) in [6.45, 7) is 2.83. The van der Waals surface area contributed by atoms with E-state index >= 15 is 0 Å². The first-order valence-corrected chi connectivity index (χ1v) is 10.6. The highest BCUT2D eigenvalue weighted by Crippen LogP contribution is 2.33. The van der Waals surface area contributed by atoms with Gasteiger partial charge in [0.05, 0.1) is 0 Å². The predicted molar refractivity (Wildman–Crippen MR) is 116 cm³/mol. The van der Waals surface area contributed by atoms with E-state index in [0.717, 1.165) is 18.4 Å². The van der Waals surface area contributed by atoms with Gasteiger partial charge in [-0.05, 0) is 49.1 Å². The summed E-state index contributed by atoms with van der Waals surface area (Å²) in [6, 6.07) is 8.29. The summed E-state index contributed by atoms with van der Waals surface area (Å²) < 4.78 is 0. The van der Waals surface area contributed by atoms with E-state index in [1.54, 1.807) is 4.90 Å². The van der Waals surface area contributed by atoms with Crippen LogP contribution < -0.4 is 5.32 Å². The van der Waals surface area contributed by atoms with Gasteiger partial charge in [0, 0.05) is 24.4 Å². The number of azide groups is 1. The molecule has 158 valence electrons. The molecule has 4 atom stereocenters. The van der Waals surface area contributed by atoms with Crippen LogP contribution in [0, 0.1) is 11.8 Å².